The normalized spacial score (nSPS) is 10.4. The largest absolute Gasteiger partial charge is 0.481 e. The van der Waals surface area contributed by atoms with Gasteiger partial charge in [0.2, 0.25) is 11.8 Å². The molecule has 0 saturated carbocycles. The van der Waals surface area contributed by atoms with E-state index in [1.54, 1.807) is 24.3 Å². The summed E-state index contributed by atoms with van der Waals surface area (Å²) in [5.74, 6) is -5.21. The number of carboxylic acids is 4. The Bertz CT molecular complexity index is 1560. The molecule has 1 aromatic rings. The van der Waals surface area contributed by atoms with Crippen LogP contribution in [0.25, 0.3) is 0 Å². The van der Waals surface area contributed by atoms with E-state index in [-0.39, 0.29) is 116 Å². The van der Waals surface area contributed by atoms with Gasteiger partial charge in [-0.2, -0.15) is 19.2 Å². The number of hydrogen-bond donors (Lipinski definition) is 12. The van der Waals surface area contributed by atoms with Gasteiger partial charge < -0.3 is 72.0 Å². The number of anilines is 1. The lowest BCUT2D eigenvalue weighted by molar-refractivity contribution is -0.193. The van der Waals surface area contributed by atoms with Crippen molar-refractivity contribution in [2.24, 2.45) is 0 Å². The number of hydrogen-bond acceptors (Lipinski definition) is 16. The molecule has 0 spiro atoms. The topological polar surface area (TPSA) is 417 Å². The third-order valence-electron chi connectivity index (χ3n) is 7.32. The summed E-state index contributed by atoms with van der Waals surface area (Å²) in [6.07, 6.45) is 2.39. The first-order valence-electron chi connectivity index (χ1n) is 19.0. The third kappa shape index (κ3) is 43.3. The molecule has 0 bridgehead atoms. The van der Waals surface area contributed by atoms with E-state index in [4.69, 9.17) is 59.3 Å². The highest BCUT2D eigenvalue weighted by Crippen LogP contribution is 2.10. The predicted octanol–water partition coefficient (Wildman–Crippen LogP) is -1.06. The van der Waals surface area contributed by atoms with Crippen LogP contribution >= 0.6 is 0 Å². The van der Waals surface area contributed by atoms with E-state index in [0.29, 0.717) is 31.6 Å². The van der Waals surface area contributed by atoms with Crippen molar-refractivity contribution in [3.05, 3.63) is 29.8 Å². The summed E-state index contributed by atoms with van der Waals surface area (Å²) in [5.41, 5.74) is 1.50. The van der Waals surface area contributed by atoms with E-state index in [9.17, 15) is 38.4 Å². The van der Waals surface area contributed by atoms with Crippen LogP contribution in [0.3, 0.4) is 0 Å². The van der Waals surface area contributed by atoms with Crippen LogP contribution in [0.5, 0.6) is 0 Å². The van der Waals surface area contributed by atoms with Crippen LogP contribution in [0.1, 0.15) is 70.8 Å². The summed E-state index contributed by atoms with van der Waals surface area (Å²) in [7, 11) is 0. The second-order valence-corrected chi connectivity index (χ2v) is 12.2. The number of aliphatic hydroxyl groups is 2. The fourth-order valence-electron chi connectivity index (χ4n) is 4.38. The van der Waals surface area contributed by atoms with Gasteiger partial charge in [0.1, 0.15) is 12.1 Å². The lowest BCUT2D eigenvalue weighted by atomic mass is 10.1. The van der Waals surface area contributed by atoms with Crippen LogP contribution in [0, 0.1) is 0 Å². The van der Waals surface area contributed by atoms with Crippen LogP contribution < -0.4 is 31.9 Å². The molecule has 0 radical (unpaired) electrons. The Hall–Kier alpha value is -6.82. The first-order chi connectivity index (χ1) is 30.0. The zero-order valence-corrected chi connectivity index (χ0v) is 34.3. The number of aliphatic carboxylic acids is 4. The molecule has 0 saturated heterocycles. The van der Waals surface area contributed by atoms with Crippen molar-refractivity contribution in [2.45, 2.75) is 83.7 Å². The van der Waals surface area contributed by atoms with Crippen molar-refractivity contribution in [3.63, 3.8) is 0 Å². The molecule has 6 amide bonds. The van der Waals surface area contributed by atoms with Gasteiger partial charge in [-0.05, 0) is 56.2 Å². The monoisotopic (exact) mass is 920 g/mol. The van der Waals surface area contributed by atoms with Gasteiger partial charge in [-0.15, -0.1) is 0 Å². The number of unbranched alkanes of at least 4 members (excludes halogenated alkanes) is 2. The van der Waals surface area contributed by atoms with Gasteiger partial charge in [-0.3, -0.25) is 19.2 Å². The van der Waals surface area contributed by atoms with Gasteiger partial charge >= 0.3 is 48.2 Å². The molecule has 0 heterocycles. The minimum Gasteiger partial charge on any atom is -0.481 e. The number of rotatable bonds is 30. The molecule has 64 heavy (non-hydrogen) atoms. The van der Waals surface area contributed by atoms with Gasteiger partial charge in [-0.25, -0.2) is 19.2 Å². The Morgan fingerprint density at radius 1 is 0.547 bits per heavy atom. The number of carbonyl (C=O) groups excluding carboxylic acids is 8. The molecule has 0 aromatic heterocycles. The van der Waals surface area contributed by atoms with Crippen molar-refractivity contribution in [1.82, 2.24) is 26.6 Å². The maximum Gasteiger partial charge on any atom is 0.373 e. The number of ether oxygens (including phenoxy) is 2. The van der Waals surface area contributed by atoms with E-state index < -0.39 is 48.0 Å². The number of carbonyl (C=O) groups is 8. The van der Waals surface area contributed by atoms with Crippen molar-refractivity contribution in [3.8, 4) is 0 Å². The summed E-state index contributed by atoms with van der Waals surface area (Å²) in [4.78, 5) is 122. The first-order valence-corrected chi connectivity index (χ1v) is 19.0. The van der Waals surface area contributed by atoms with E-state index in [0.717, 1.165) is 18.4 Å². The van der Waals surface area contributed by atoms with Crippen molar-refractivity contribution < 1.29 is 97.6 Å². The van der Waals surface area contributed by atoms with Crippen LogP contribution in [0.2, 0.25) is 0 Å². The molecular formula is C38H60N6O20. The van der Waals surface area contributed by atoms with Crippen LogP contribution in [0.15, 0.2) is 24.3 Å². The smallest absolute Gasteiger partial charge is 0.373 e. The molecule has 26 nitrogen and oxygen atoms in total. The number of urea groups is 2. The Morgan fingerprint density at radius 2 is 0.953 bits per heavy atom. The van der Waals surface area contributed by atoms with Crippen molar-refractivity contribution >= 4 is 65.7 Å². The molecule has 2 atom stereocenters. The fourth-order valence-corrected chi connectivity index (χ4v) is 4.38. The minimum absolute atomic E-state index is 0. The highest BCUT2D eigenvalue weighted by atomic mass is 16.5. The fraction of sp³-hybridized carbons (Fsp3) is 0.579. The molecule has 0 aliphatic heterocycles. The zero-order valence-electron chi connectivity index (χ0n) is 34.3. The quantitative estimate of drug-likeness (QED) is 0.0409. The molecule has 0 unspecified atom stereocenters. The number of carboxylic acid groups (broad SMARTS) is 4. The van der Waals surface area contributed by atoms with Gasteiger partial charge in [0.05, 0.1) is 46.1 Å². The Balaban J connectivity index is -0.000000495. The second kappa shape index (κ2) is 44.2. The highest BCUT2D eigenvalue weighted by Gasteiger charge is 2.21. The van der Waals surface area contributed by atoms with Crippen molar-refractivity contribution in [1.29, 1.82) is 0 Å². The zero-order chi connectivity index (χ0) is 48.3. The Labute approximate surface area is 367 Å². The molecule has 12 N–H and O–H groups in total. The summed E-state index contributed by atoms with van der Waals surface area (Å²) >= 11 is 0. The Kier molecular flexibility index (Phi) is 44.1. The molecule has 362 valence electrons. The highest BCUT2D eigenvalue weighted by molar-refractivity contribution is 5.90. The van der Waals surface area contributed by atoms with Crippen LogP contribution in [-0.4, -0.2) is 162 Å². The summed E-state index contributed by atoms with van der Waals surface area (Å²) in [5, 5.41) is 67.2. The van der Waals surface area contributed by atoms with Gasteiger partial charge in [0, 0.05) is 44.6 Å². The molecule has 0 aliphatic rings. The van der Waals surface area contributed by atoms with Gasteiger partial charge in [-0.1, -0.05) is 19.6 Å². The molecular weight excluding hydrogens is 860 g/mol. The summed E-state index contributed by atoms with van der Waals surface area (Å²) < 4.78 is 10.0. The van der Waals surface area contributed by atoms with E-state index in [2.05, 4.69) is 31.9 Å². The average Bonchev–Trinajstić information content (AvgIpc) is 3.22. The van der Waals surface area contributed by atoms with E-state index in [1.807, 2.05) is 0 Å². The third-order valence-corrected chi connectivity index (χ3v) is 7.32. The van der Waals surface area contributed by atoms with E-state index in [1.165, 1.54) is 0 Å². The molecule has 1 aromatic carbocycles. The number of aliphatic hydroxyl groups excluding tert-OH is 2. The first kappa shape index (κ1) is 63.8. The molecule has 1 rings (SSSR count). The van der Waals surface area contributed by atoms with Crippen LogP contribution in [0.4, 0.5) is 15.3 Å². The molecule has 0 aliphatic carbocycles. The average molecular weight is 921 g/mol. The van der Waals surface area contributed by atoms with Crippen molar-refractivity contribution in [2.75, 3.05) is 64.6 Å². The lowest BCUT2D eigenvalue weighted by Gasteiger charge is -2.14. The lowest BCUT2D eigenvalue weighted by Crippen LogP contribution is -2.46. The maximum atomic E-state index is 11.8. The Morgan fingerprint density at radius 3 is 1.36 bits per heavy atom. The standard InChI is InChI=1S/C19H27N3O8.C16H29N3O8.2CO2.CH4/c23-10-12-30-11-8-16(24)21-14-3-1-13(2-4-14)7-9-20-19(29)22-15(18(27)28)5-6-17(25)26;20-9-11-27-10-6-13(21)17-7-2-1-3-8-18-16(26)19-12(15(24)25)4-5-14(22)23;2*2-1-3;/h1-4,15,23H,5-12H2,(H,21,24)(H,25,26)(H,27,28)(H2,20,22,29);12,20H,1-11H2,(H,17,21)(H,22,23)(H,24,25)(H2,18,19,26);;;1H4/t15-;12-;;;/m00.../s1. The number of amides is 6. The van der Waals surface area contributed by atoms with Gasteiger partial charge in [0.25, 0.3) is 0 Å². The minimum atomic E-state index is -1.30. The summed E-state index contributed by atoms with van der Waals surface area (Å²) in [6, 6.07) is 3.11. The number of nitrogens with one attached hydrogen (secondary N) is 6. The predicted molar refractivity (Wildman–Crippen MR) is 217 cm³/mol. The summed E-state index contributed by atoms with van der Waals surface area (Å²) in [6.45, 7) is 1.78. The van der Waals surface area contributed by atoms with Crippen LogP contribution in [-0.2, 0) is 63.8 Å². The molecule has 26 heteroatoms. The van der Waals surface area contributed by atoms with Gasteiger partial charge in [0.15, 0.2) is 0 Å². The second-order valence-electron chi connectivity index (χ2n) is 12.2. The number of benzene rings is 1. The maximum absolute atomic E-state index is 11.8. The molecule has 0 fully saturated rings. The SMILES string of the molecule is C.O=C(O)CC[C@H](NC(=O)NCCCCCNC(=O)CCOCCO)C(=O)O.O=C(O)CC[C@H](NC(=O)NCCc1ccc(NC(=O)CCOCCO)cc1)C(=O)O.O=C=O.O=C=O. The van der Waals surface area contributed by atoms with E-state index >= 15 is 0 Å².